The van der Waals surface area contributed by atoms with E-state index in [1.165, 1.54) is 0 Å². The minimum Gasteiger partial charge on any atom is -0.496 e. The molecule has 3 nitrogen and oxygen atoms in total. The second-order valence-electron chi connectivity index (χ2n) is 4.20. The lowest BCUT2D eigenvalue weighted by molar-refractivity contribution is 0.329. The number of methoxy groups -OCH3 is 1. The number of anilines is 1. The highest BCUT2D eigenvalue weighted by atomic mass is 79.9. The van der Waals surface area contributed by atoms with E-state index in [2.05, 4.69) is 37.2 Å². The Labute approximate surface area is 145 Å². The Morgan fingerprint density at radius 3 is 2.33 bits per heavy atom. The van der Waals surface area contributed by atoms with Crippen molar-refractivity contribution in [2.24, 2.45) is 0 Å². The Balaban J connectivity index is 1.86. The van der Waals surface area contributed by atoms with Crippen LogP contribution in [0.15, 0.2) is 45.3 Å². The van der Waals surface area contributed by atoms with Gasteiger partial charge < -0.3 is 14.8 Å². The van der Waals surface area contributed by atoms with Gasteiger partial charge in [0.2, 0.25) is 0 Å². The van der Waals surface area contributed by atoms with E-state index in [-0.39, 0.29) is 0 Å². The molecule has 0 aliphatic carbocycles. The van der Waals surface area contributed by atoms with Crippen molar-refractivity contribution in [3.63, 3.8) is 0 Å². The molecular weight excluding hydrogens is 421 g/mol. The number of hydrogen-bond donors (Lipinski definition) is 1. The molecule has 2 aromatic carbocycles. The van der Waals surface area contributed by atoms with E-state index in [0.29, 0.717) is 13.2 Å². The SMILES string of the molecule is COc1cc(Br)c(OCCNc2ccc(Cl)cc2)cc1Br. The number of rotatable bonds is 6. The van der Waals surface area contributed by atoms with E-state index in [1.54, 1.807) is 7.11 Å². The first kappa shape index (κ1) is 16.5. The fraction of sp³-hybridized carbons (Fsp3) is 0.200. The maximum absolute atomic E-state index is 5.84. The number of hydrogen-bond acceptors (Lipinski definition) is 3. The van der Waals surface area contributed by atoms with Crippen molar-refractivity contribution < 1.29 is 9.47 Å². The minimum absolute atomic E-state index is 0.542. The first-order valence-electron chi connectivity index (χ1n) is 6.25. The molecule has 0 atom stereocenters. The zero-order valence-electron chi connectivity index (χ0n) is 11.3. The van der Waals surface area contributed by atoms with Gasteiger partial charge in [0.15, 0.2) is 0 Å². The van der Waals surface area contributed by atoms with Gasteiger partial charge in [-0.05, 0) is 68.3 Å². The van der Waals surface area contributed by atoms with Crippen molar-refractivity contribution >= 4 is 49.1 Å². The summed E-state index contributed by atoms with van der Waals surface area (Å²) in [6.45, 7) is 1.23. The molecule has 2 rings (SSSR count). The zero-order chi connectivity index (χ0) is 15.2. The molecule has 0 heterocycles. The summed E-state index contributed by atoms with van der Waals surface area (Å²) in [7, 11) is 1.63. The summed E-state index contributed by atoms with van der Waals surface area (Å²) in [5.74, 6) is 1.52. The van der Waals surface area contributed by atoms with E-state index in [0.717, 1.165) is 31.2 Å². The molecule has 0 unspecified atom stereocenters. The van der Waals surface area contributed by atoms with Crippen molar-refractivity contribution in [2.75, 3.05) is 25.6 Å². The van der Waals surface area contributed by atoms with Gasteiger partial charge in [0.1, 0.15) is 18.1 Å². The van der Waals surface area contributed by atoms with Crippen LogP contribution in [0.25, 0.3) is 0 Å². The number of ether oxygens (including phenoxy) is 2. The Bertz CT molecular complexity index is 605. The molecule has 0 saturated heterocycles. The molecule has 112 valence electrons. The largest absolute Gasteiger partial charge is 0.496 e. The van der Waals surface area contributed by atoms with Gasteiger partial charge in [-0.25, -0.2) is 0 Å². The van der Waals surface area contributed by atoms with Crippen LogP contribution < -0.4 is 14.8 Å². The van der Waals surface area contributed by atoms with Gasteiger partial charge in [-0.1, -0.05) is 11.6 Å². The van der Waals surface area contributed by atoms with Crippen LogP contribution >= 0.6 is 43.5 Å². The highest BCUT2D eigenvalue weighted by Crippen LogP contribution is 2.35. The maximum atomic E-state index is 5.84. The summed E-state index contributed by atoms with van der Waals surface area (Å²) in [6, 6.07) is 11.3. The lowest BCUT2D eigenvalue weighted by atomic mass is 10.3. The first-order valence-corrected chi connectivity index (χ1v) is 8.22. The van der Waals surface area contributed by atoms with Gasteiger partial charge in [-0.15, -0.1) is 0 Å². The maximum Gasteiger partial charge on any atom is 0.134 e. The predicted molar refractivity (Wildman–Crippen MR) is 93.8 cm³/mol. The van der Waals surface area contributed by atoms with Crippen LogP contribution in [-0.2, 0) is 0 Å². The van der Waals surface area contributed by atoms with E-state index in [9.17, 15) is 0 Å². The molecule has 0 amide bonds. The molecule has 0 aliphatic heterocycles. The zero-order valence-corrected chi connectivity index (χ0v) is 15.3. The molecule has 0 aromatic heterocycles. The van der Waals surface area contributed by atoms with Crippen LogP contribution in [0.2, 0.25) is 5.02 Å². The Hall–Kier alpha value is -0.910. The lowest BCUT2D eigenvalue weighted by Crippen LogP contribution is -2.11. The minimum atomic E-state index is 0.542. The van der Waals surface area contributed by atoms with Crippen molar-refractivity contribution in [1.29, 1.82) is 0 Å². The molecule has 0 fully saturated rings. The van der Waals surface area contributed by atoms with Crippen molar-refractivity contribution in [2.45, 2.75) is 0 Å². The fourth-order valence-corrected chi connectivity index (χ4v) is 2.75. The highest BCUT2D eigenvalue weighted by molar-refractivity contribution is 9.11. The third kappa shape index (κ3) is 4.80. The molecule has 2 aromatic rings. The summed E-state index contributed by atoms with van der Waals surface area (Å²) >= 11 is 12.7. The molecular formula is C15H14Br2ClNO2. The Morgan fingerprint density at radius 1 is 1.05 bits per heavy atom. The molecule has 1 N–H and O–H groups in total. The average molecular weight is 436 g/mol. The van der Waals surface area contributed by atoms with Gasteiger partial charge in [-0.3, -0.25) is 0 Å². The number of nitrogens with one attached hydrogen (secondary N) is 1. The quantitative estimate of drug-likeness (QED) is 0.620. The Kier molecular flexibility index (Phi) is 6.21. The molecule has 0 aliphatic rings. The summed E-state index contributed by atoms with van der Waals surface area (Å²) in [4.78, 5) is 0. The van der Waals surface area contributed by atoms with Crippen LogP contribution in [0.4, 0.5) is 5.69 Å². The van der Waals surface area contributed by atoms with E-state index >= 15 is 0 Å². The third-order valence-electron chi connectivity index (χ3n) is 2.74. The van der Waals surface area contributed by atoms with E-state index in [4.69, 9.17) is 21.1 Å². The van der Waals surface area contributed by atoms with Gasteiger partial charge in [0, 0.05) is 17.3 Å². The summed E-state index contributed by atoms with van der Waals surface area (Å²) in [5, 5.41) is 3.99. The highest BCUT2D eigenvalue weighted by Gasteiger charge is 2.08. The van der Waals surface area contributed by atoms with Gasteiger partial charge in [0.25, 0.3) is 0 Å². The normalized spacial score (nSPS) is 10.3. The fourth-order valence-electron chi connectivity index (χ4n) is 1.70. The number of benzene rings is 2. The van der Waals surface area contributed by atoms with Crippen molar-refractivity contribution in [3.05, 3.63) is 50.4 Å². The molecule has 0 radical (unpaired) electrons. The van der Waals surface area contributed by atoms with Crippen LogP contribution in [0.1, 0.15) is 0 Å². The first-order chi connectivity index (χ1) is 10.1. The van der Waals surface area contributed by atoms with E-state index in [1.807, 2.05) is 36.4 Å². The van der Waals surface area contributed by atoms with Gasteiger partial charge >= 0.3 is 0 Å². The monoisotopic (exact) mass is 433 g/mol. The van der Waals surface area contributed by atoms with Crippen molar-refractivity contribution in [3.8, 4) is 11.5 Å². The second-order valence-corrected chi connectivity index (χ2v) is 6.34. The molecule has 6 heteroatoms. The molecule has 0 spiro atoms. The van der Waals surface area contributed by atoms with Crippen molar-refractivity contribution in [1.82, 2.24) is 0 Å². The Morgan fingerprint density at radius 2 is 1.67 bits per heavy atom. The average Bonchev–Trinajstić information content (AvgIpc) is 2.48. The topological polar surface area (TPSA) is 30.5 Å². The summed E-state index contributed by atoms with van der Waals surface area (Å²) < 4.78 is 12.7. The number of halogens is 3. The molecule has 0 bridgehead atoms. The standard InChI is InChI=1S/C15H14Br2ClNO2/c1-20-14-8-13(17)15(9-12(14)16)21-7-6-19-11-4-2-10(18)3-5-11/h2-5,8-9,19H,6-7H2,1H3. The lowest BCUT2D eigenvalue weighted by Gasteiger charge is -2.12. The summed E-state index contributed by atoms with van der Waals surface area (Å²) in [5.41, 5.74) is 1.01. The third-order valence-corrected chi connectivity index (χ3v) is 4.23. The van der Waals surface area contributed by atoms with Gasteiger partial charge in [-0.2, -0.15) is 0 Å². The molecule has 21 heavy (non-hydrogen) atoms. The van der Waals surface area contributed by atoms with Crippen LogP contribution in [0.5, 0.6) is 11.5 Å². The van der Waals surface area contributed by atoms with Crippen LogP contribution in [-0.4, -0.2) is 20.3 Å². The summed E-state index contributed by atoms with van der Waals surface area (Å²) in [6.07, 6.45) is 0. The molecule has 0 saturated carbocycles. The second kappa shape index (κ2) is 7.92. The van der Waals surface area contributed by atoms with Crippen LogP contribution in [0, 0.1) is 0 Å². The smallest absolute Gasteiger partial charge is 0.134 e. The van der Waals surface area contributed by atoms with Crippen LogP contribution in [0.3, 0.4) is 0 Å². The van der Waals surface area contributed by atoms with E-state index < -0.39 is 0 Å². The van der Waals surface area contributed by atoms with Gasteiger partial charge in [0.05, 0.1) is 16.1 Å². The predicted octanol–water partition coefficient (Wildman–Crippen LogP) is 5.36.